The first-order valence-electron chi connectivity index (χ1n) is 4.51. The summed E-state index contributed by atoms with van der Waals surface area (Å²) in [7, 11) is 0. The van der Waals surface area contributed by atoms with E-state index in [-0.39, 0.29) is 5.41 Å². The number of hydrogen-bond acceptors (Lipinski definition) is 1. The third-order valence-corrected chi connectivity index (χ3v) is 3.16. The Morgan fingerprint density at radius 3 is 2.42 bits per heavy atom. The lowest BCUT2D eigenvalue weighted by Gasteiger charge is -2.07. The summed E-state index contributed by atoms with van der Waals surface area (Å²) in [5, 5.41) is 9.89. The fourth-order valence-corrected chi connectivity index (χ4v) is 1.85. The Kier molecular flexibility index (Phi) is 3.56. The van der Waals surface area contributed by atoms with Gasteiger partial charge in [-0.1, -0.05) is 28.8 Å². The molecule has 0 saturated heterocycles. The third kappa shape index (κ3) is 2.47. The molecule has 0 heterocycles. The van der Waals surface area contributed by atoms with E-state index >= 15 is 0 Å². The fourth-order valence-electron chi connectivity index (χ4n) is 1.46. The van der Waals surface area contributed by atoms with Crippen molar-refractivity contribution in [2.75, 3.05) is 5.33 Å². The summed E-state index contributed by atoms with van der Waals surface area (Å²) in [6.45, 7) is 0. The second kappa shape index (κ2) is 4.26. The van der Waals surface area contributed by atoms with E-state index in [1.807, 2.05) is 0 Å². The lowest BCUT2D eigenvalue weighted by atomic mass is 9.99. The predicted molar refractivity (Wildman–Crippen MR) is 51.6 cm³/mol. The van der Waals surface area contributed by atoms with E-state index in [1.54, 1.807) is 0 Å². The van der Waals surface area contributed by atoms with E-state index in [1.165, 1.54) is 0 Å². The Bertz CT molecular complexity index is 164. The average Bonchev–Trinajstić information content (AvgIpc) is 2.79. The monoisotopic (exact) mass is 234 g/mol. The summed E-state index contributed by atoms with van der Waals surface area (Å²) in [5.41, 5.74) is -0.299. The van der Waals surface area contributed by atoms with E-state index in [4.69, 9.17) is 5.11 Å². The van der Waals surface area contributed by atoms with Crippen LogP contribution in [0, 0.1) is 5.41 Å². The normalized spacial score (nSPS) is 19.1. The molecular formula is C9H15BrO2. The van der Waals surface area contributed by atoms with Crippen LogP contribution in [0.1, 0.15) is 38.5 Å². The fraction of sp³-hybridized carbons (Fsp3) is 0.889. The molecule has 1 aliphatic rings. The Morgan fingerprint density at radius 1 is 1.33 bits per heavy atom. The highest BCUT2D eigenvalue weighted by molar-refractivity contribution is 9.09. The van der Waals surface area contributed by atoms with Gasteiger partial charge in [-0.2, -0.15) is 0 Å². The van der Waals surface area contributed by atoms with Gasteiger partial charge in [0, 0.05) is 5.33 Å². The molecule has 0 radical (unpaired) electrons. The van der Waals surface area contributed by atoms with Crippen molar-refractivity contribution in [2.24, 2.45) is 5.41 Å². The number of carboxylic acid groups (broad SMARTS) is 1. The lowest BCUT2D eigenvalue weighted by Crippen LogP contribution is -2.14. The predicted octanol–water partition coefficient (Wildman–Crippen LogP) is 2.81. The molecule has 0 amide bonds. The largest absolute Gasteiger partial charge is 0.481 e. The number of hydrogen-bond donors (Lipinski definition) is 1. The molecule has 2 nitrogen and oxygen atoms in total. The molecule has 0 aromatic heterocycles. The van der Waals surface area contributed by atoms with Gasteiger partial charge in [-0.25, -0.2) is 0 Å². The first-order valence-corrected chi connectivity index (χ1v) is 5.63. The van der Waals surface area contributed by atoms with Crippen molar-refractivity contribution >= 4 is 21.9 Å². The zero-order chi connectivity index (χ0) is 9.03. The van der Waals surface area contributed by atoms with Gasteiger partial charge in [-0.05, 0) is 25.7 Å². The molecule has 1 N–H and O–H groups in total. The van der Waals surface area contributed by atoms with E-state index in [9.17, 15) is 4.79 Å². The molecule has 0 atom stereocenters. The second-order valence-electron chi connectivity index (χ2n) is 3.59. The van der Waals surface area contributed by atoms with Crippen LogP contribution >= 0.6 is 15.9 Å². The molecule has 0 aromatic rings. The van der Waals surface area contributed by atoms with Crippen molar-refractivity contribution in [3.8, 4) is 0 Å². The number of carbonyl (C=O) groups is 1. The van der Waals surface area contributed by atoms with Crippen molar-refractivity contribution in [2.45, 2.75) is 38.5 Å². The van der Waals surface area contributed by atoms with E-state index in [0.717, 1.165) is 43.9 Å². The number of aliphatic carboxylic acids is 1. The minimum atomic E-state index is -0.582. The second-order valence-corrected chi connectivity index (χ2v) is 4.38. The van der Waals surface area contributed by atoms with Crippen LogP contribution in [0.2, 0.25) is 0 Å². The van der Waals surface area contributed by atoms with Gasteiger partial charge in [0.25, 0.3) is 0 Å². The van der Waals surface area contributed by atoms with Gasteiger partial charge in [0.05, 0.1) is 5.41 Å². The van der Waals surface area contributed by atoms with Crippen LogP contribution in [0.4, 0.5) is 0 Å². The highest BCUT2D eigenvalue weighted by Gasteiger charge is 2.49. The minimum Gasteiger partial charge on any atom is -0.481 e. The third-order valence-electron chi connectivity index (χ3n) is 2.60. The molecule has 70 valence electrons. The quantitative estimate of drug-likeness (QED) is 0.567. The molecule has 1 fully saturated rings. The van der Waals surface area contributed by atoms with Gasteiger partial charge in [0.1, 0.15) is 0 Å². The maximum atomic E-state index is 10.7. The van der Waals surface area contributed by atoms with E-state index in [0.29, 0.717) is 0 Å². The molecule has 0 bridgehead atoms. The van der Waals surface area contributed by atoms with Crippen molar-refractivity contribution in [3.05, 3.63) is 0 Å². The van der Waals surface area contributed by atoms with Gasteiger partial charge in [-0.15, -0.1) is 0 Å². The Hall–Kier alpha value is -0.0500. The number of rotatable bonds is 6. The summed E-state index contributed by atoms with van der Waals surface area (Å²) < 4.78 is 0. The lowest BCUT2D eigenvalue weighted by molar-refractivity contribution is -0.143. The van der Waals surface area contributed by atoms with Crippen molar-refractivity contribution in [3.63, 3.8) is 0 Å². The first-order chi connectivity index (χ1) is 5.71. The number of alkyl halides is 1. The van der Waals surface area contributed by atoms with Gasteiger partial charge >= 0.3 is 5.97 Å². The zero-order valence-electron chi connectivity index (χ0n) is 7.18. The Morgan fingerprint density at radius 2 is 2.00 bits per heavy atom. The molecule has 1 saturated carbocycles. The molecule has 0 spiro atoms. The highest BCUT2D eigenvalue weighted by Crippen LogP contribution is 2.50. The van der Waals surface area contributed by atoms with Crippen LogP contribution in [-0.4, -0.2) is 16.4 Å². The molecule has 0 aliphatic heterocycles. The van der Waals surface area contributed by atoms with Crippen LogP contribution in [0.5, 0.6) is 0 Å². The topological polar surface area (TPSA) is 37.3 Å². The molecule has 1 rings (SSSR count). The molecule has 0 unspecified atom stereocenters. The van der Waals surface area contributed by atoms with Crippen molar-refractivity contribution in [1.29, 1.82) is 0 Å². The average molecular weight is 235 g/mol. The molecule has 0 aromatic carbocycles. The maximum Gasteiger partial charge on any atom is 0.309 e. The molecule has 12 heavy (non-hydrogen) atoms. The van der Waals surface area contributed by atoms with E-state index in [2.05, 4.69) is 15.9 Å². The van der Waals surface area contributed by atoms with Crippen molar-refractivity contribution in [1.82, 2.24) is 0 Å². The van der Waals surface area contributed by atoms with Crippen LogP contribution < -0.4 is 0 Å². The summed E-state index contributed by atoms with van der Waals surface area (Å²) in [4.78, 5) is 10.7. The van der Waals surface area contributed by atoms with Crippen LogP contribution in [-0.2, 0) is 4.79 Å². The SMILES string of the molecule is O=C(O)C1(CCCCCBr)CC1. The summed E-state index contributed by atoms with van der Waals surface area (Å²) in [6.07, 6.45) is 6.07. The molecule has 3 heteroatoms. The van der Waals surface area contributed by atoms with Crippen LogP contribution in [0.3, 0.4) is 0 Å². The number of carboxylic acids is 1. The summed E-state index contributed by atoms with van der Waals surface area (Å²) in [5.74, 6) is -0.582. The zero-order valence-corrected chi connectivity index (χ0v) is 8.77. The number of unbranched alkanes of at least 4 members (excludes halogenated alkanes) is 2. The van der Waals surface area contributed by atoms with Crippen molar-refractivity contribution < 1.29 is 9.90 Å². The van der Waals surface area contributed by atoms with Gasteiger partial charge in [-0.3, -0.25) is 4.79 Å². The highest BCUT2D eigenvalue weighted by atomic mass is 79.9. The van der Waals surface area contributed by atoms with Crippen LogP contribution in [0.25, 0.3) is 0 Å². The molecule has 1 aliphatic carbocycles. The van der Waals surface area contributed by atoms with Gasteiger partial charge < -0.3 is 5.11 Å². The number of halogens is 1. The van der Waals surface area contributed by atoms with Gasteiger partial charge in [0.15, 0.2) is 0 Å². The van der Waals surface area contributed by atoms with Crippen LogP contribution in [0.15, 0.2) is 0 Å². The summed E-state index contributed by atoms with van der Waals surface area (Å²) in [6, 6.07) is 0. The Balaban J connectivity index is 2.10. The Labute approximate surface area is 81.5 Å². The minimum absolute atomic E-state index is 0.299. The first kappa shape index (κ1) is 10.0. The summed E-state index contributed by atoms with van der Waals surface area (Å²) >= 11 is 3.36. The molecular weight excluding hydrogens is 220 g/mol. The van der Waals surface area contributed by atoms with Gasteiger partial charge in [0.2, 0.25) is 0 Å². The van der Waals surface area contributed by atoms with E-state index < -0.39 is 5.97 Å². The maximum absolute atomic E-state index is 10.7. The standard InChI is InChI=1S/C9H15BrO2/c10-7-3-1-2-4-9(5-6-9)8(11)12/h1-7H2,(H,11,12). The smallest absolute Gasteiger partial charge is 0.309 e.